The van der Waals surface area contributed by atoms with Gasteiger partial charge in [-0.3, -0.25) is 4.98 Å². The fourth-order valence-electron chi connectivity index (χ4n) is 3.78. The molecule has 7 nitrogen and oxygen atoms in total. The molecule has 1 saturated carbocycles. The molecule has 0 radical (unpaired) electrons. The zero-order chi connectivity index (χ0) is 22.0. The van der Waals surface area contributed by atoms with Crippen molar-refractivity contribution < 1.29 is 17.9 Å². The van der Waals surface area contributed by atoms with Gasteiger partial charge in [0, 0.05) is 17.2 Å². The molecule has 9 heteroatoms. The molecule has 162 valence electrons. The molecule has 1 aliphatic carbocycles. The Morgan fingerprint density at radius 2 is 1.74 bits per heavy atom. The van der Waals surface area contributed by atoms with Crippen molar-refractivity contribution in [2.24, 2.45) is 0 Å². The molecular weight excluding hydrogens is 419 g/mol. The highest BCUT2D eigenvalue weighted by molar-refractivity contribution is 7.89. The van der Waals surface area contributed by atoms with Crippen LogP contribution in [0.4, 0.5) is 10.2 Å². The number of aromatic nitrogens is 2. The molecule has 1 aliphatic rings. The minimum absolute atomic E-state index is 0.0838. The summed E-state index contributed by atoms with van der Waals surface area (Å²) in [5, 5.41) is 9.65. The minimum atomic E-state index is -3.83. The van der Waals surface area contributed by atoms with Gasteiger partial charge in [-0.1, -0.05) is 24.3 Å². The van der Waals surface area contributed by atoms with E-state index in [0.717, 1.165) is 0 Å². The van der Waals surface area contributed by atoms with E-state index in [-0.39, 0.29) is 28.4 Å². The van der Waals surface area contributed by atoms with E-state index in [1.165, 1.54) is 24.5 Å². The van der Waals surface area contributed by atoms with E-state index < -0.39 is 15.8 Å². The number of aliphatic hydroxyl groups excluding tert-OH is 1. The second kappa shape index (κ2) is 8.70. The molecular formula is C22H23FN4O3S. The highest BCUT2D eigenvalue weighted by atomic mass is 32.2. The topological polar surface area (TPSA) is 118 Å². The molecule has 0 saturated heterocycles. The molecule has 0 aliphatic heterocycles. The van der Waals surface area contributed by atoms with Crippen molar-refractivity contribution >= 4 is 15.8 Å². The average molecular weight is 443 g/mol. The fourth-order valence-corrected chi connectivity index (χ4v) is 5.32. The van der Waals surface area contributed by atoms with Crippen LogP contribution in [0.3, 0.4) is 0 Å². The largest absolute Gasteiger partial charge is 0.393 e. The van der Waals surface area contributed by atoms with Gasteiger partial charge in [0.2, 0.25) is 10.0 Å². The lowest BCUT2D eigenvalue weighted by Crippen LogP contribution is -2.38. The second-order valence-corrected chi connectivity index (χ2v) is 9.33. The third kappa shape index (κ3) is 4.73. The zero-order valence-electron chi connectivity index (χ0n) is 16.7. The summed E-state index contributed by atoms with van der Waals surface area (Å²) in [5.74, 6) is -0.308. The normalized spacial score (nSPS) is 19.3. The first-order chi connectivity index (χ1) is 14.8. The van der Waals surface area contributed by atoms with E-state index in [4.69, 9.17) is 5.73 Å². The first kappa shape index (κ1) is 21.4. The van der Waals surface area contributed by atoms with Gasteiger partial charge in [-0.05, 0) is 49.4 Å². The molecule has 0 atom stereocenters. The third-order valence-corrected chi connectivity index (χ3v) is 7.00. The van der Waals surface area contributed by atoms with Gasteiger partial charge in [-0.25, -0.2) is 22.5 Å². The van der Waals surface area contributed by atoms with Crippen LogP contribution < -0.4 is 10.5 Å². The summed E-state index contributed by atoms with van der Waals surface area (Å²) in [6.07, 6.45) is 4.64. The van der Waals surface area contributed by atoms with Gasteiger partial charge in [-0.2, -0.15) is 0 Å². The number of nitrogens with one attached hydrogen (secondary N) is 1. The van der Waals surface area contributed by atoms with Crippen LogP contribution in [-0.2, 0) is 10.0 Å². The molecule has 0 bridgehead atoms. The number of sulfonamides is 1. The number of hydrogen-bond donors (Lipinski definition) is 3. The lowest BCUT2D eigenvalue weighted by molar-refractivity contribution is 0.120. The molecule has 4 rings (SSSR count). The fraction of sp³-hybridized carbons (Fsp3) is 0.273. The van der Waals surface area contributed by atoms with Crippen molar-refractivity contribution in [3.8, 4) is 22.4 Å². The van der Waals surface area contributed by atoms with E-state index in [9.17, 15) is 17.9 Å². The summed E-state index contributed by atoms with van der Waals surface area (Å²) in [4.78, 5) is 8.10. The molecule has 0 spiro atoms. The van der Waals surface area contributed by atoms with E-state index in [1.807, 2.05) is 0 Å². The summed E-state index contributed by atoms with van der Waals surface area (Å²) in [5.41, 5.74) is 6.95. The SMILES string of the molecule is Nc1cnc(-c2ccc(-c3ccccc3S(=O)(=O)NC3CCC(O)CC3)cc2F)cn1. The van der Waals surface area contributed by atoms with Gasteiger partial charge in [0.15, 0.2) is 0 Å². The number of benzene rings is 2. The average Bonchev–Trinajstić information content (AvgIpc) is 2.76. The van der Waals surface area contributed by atoms with E-state index >= 15 is 0 Å². The Balaban J connectivity index is 1.65. The Hall–Kier alpha value is -2.88. The first-order valence-electron chi connectivity index (χ1n) is 10.0. The van der Waals surface area contributed by atoms with Crippen LogP contribution in [-0.4, -0.2) is 35.6 Å². The van der Waals surface area contributed by atoms with Gasteiger partial charge in [0.05, 0.1) is 29.1 Å². The van der Waals surface area contributed by atoms with E-state index in [2.05, 4.69) is 14.7 Å². The van der Waals surface area contributed by atoms with Crippen LogP contribution >= 0.6 is 0 Å². The summed E-state index contributed by atoms with van der Waals surface area (Å²) in [6, 6.07) is 10.8. The van der Waals surface area contributed by atoms with Crippen LogP contribution in [0, 0.1) is 5.82 Å². The lowest BCUT2D eigenvalue weighted by atomic mass is 9.94. The van der Waals surface area contributed by atoms with Crippen LogP contribution in [0.2, 0.25) is 0 Å². The number of anilines is 1. The quantitative estimate of drug-likeness (QED) is 0.559. The third-order valence-electron chi connectivity index (χ3n) is 5.42. The molecule has 4 N–H and O–H groups in total. The van der Waals surface area contributed by atoms with Crippen molar-refractivity contribution in [1.82, 2.24) is 14.7 Å². The van der Waals surface area contributed by atoms with Crippen LogP contribution in [0.25, 0.3) is 22.4 Å². The highest BCUT2D eigenvalue weighted by Crippen LogP contribution is 2.31. The Morgan fingerprint density at radius 3 is 2.42 bits per heavy atom. The standard InChI is InChI=1S/C22H23FN4O3S/c23-19-11-14(5-10-18(19)20-12-26-22(24)13-25-20)17-3-1-2-4-21(17)31(29,30)27-15-6-8-16(28)9-7-15/h1-5,10-13,15-16,27-28H,6-9H2,(H2,24,26). The Kier molecular flexibility index (Phi) is 5.99. The van der Waals surface area contributed by atoms with Crippen molar-refractivity contribution in [2.75, 3.05) is 5.73 Å². The summed E-state index contributed by atoms with van der Waals surface area (Å²) in [7, 11) is -3.83. The number of halogens is 1. The van der Waals surface area contributed by atoms with Crippen molar-refractivity contribution in [1.29, 1.82) is 0 Å². The van der Waals surface area contributed by atoms with Crippen LogP contribution in [0.15, 0.2) is 59.8 Å². The second-order valence-electron chi connectivity index (χ2n) is 7.64. The molecule has 2 aromatic carbocycles. The maximum Gasteiger partial charge on any atom is 0.241 e. The van der Waals surface area contributed by atoms with Crippen molar-refractivity contribution in [3.05, 3.63) is 60.7 Å². The predicted molar refractivity (Wildman–Crippen MR) is 116 cm³/mol. The number of hydrogen-bond acceptors (Lipinski definition) is 6. The number of nitrogen functional groups attached to an aromatic ring is 1. The maximum absolute atomic E-state index is 14.9. The lowest BCUT2D eigenvalue weighted by Gasteiger charge is -2.26. The Labute approximate surface area is 180 Å². The van der Waals surface area contributed by atoms with Crippen molar-refractivity contribution in [3.63, 3.8) is 0 Å². The monoisotopic (exact) mass is 442 g/mol. The number of nitrogens with zero attached hydrogens (tertiary/aromatic N) is 2. The smallest absolute Gasteiger partial charge is 0.241 e. The van der Waals surface area contributed by atoms with Gasteiger partial charge in [-0.15, -0.1) is 0 Å². The number of rotatable bonds is 5. The van der Waals surface area contributed by atoms with E-state index in [0.29, 0.717) is 42.5 Å². The maximum atomic E-state index is 14.9. The molecule has 3 aromatic rings. The number of aliphatic hydroxyl groups is 1. The number of nitrogens with two attached hydrogens (primary N) is 1. The van der Waals surface area contributed by atoms with Gasteiger partial charge in [0.25, 0.3) is 0 Å². The van der Waals surface area contributed by atoms with Gasteiger partial charge < -0.3 is 10.8 Å². The van der Waals surface area contributed by atoms with Crippen LogP contribution in [0.1, 0.15) is 25.7 Å². The van der Waals surface area contributed by atoms with E-state index in [1.54, 1.807) is 30.3 Å². The molecule has 0 unspecified atom stereocenters. The van der Waals surface area contributed by atoms with Gasteiger partial charge >= 0.3 is 0 Å². The van der Waals surface area contributed by atoms with Crippen LogP contribution in [0.5, 0.6) is 0 Å². The highest BCUT2D eigenvalue weighted by Gasteiger charge is 2.26. The molecule has 1 aromatic heterocycles. The first-order valence-corrected chi connectivity index (χ1v) is 11.5. The zero-order valence-corrected chi connectivity index (χ0v) is 17.5. The summed E-state index contributed by atoms with van der Waals surface area (Å²) >= 11 is 0. The Morgan fingerprint density at radius 1 is 1.00 bits per heavy atom. The van der Waals surface area contributed by atoms with Crippen molar-refractivity contribution in [2.45, 2.75) is 42.7 Å². The van der Waals surface area contributed by atoms with Gasteiger partial charge in [0.1, 0.15) is 11.6 Å². The Bertz CT molecular complexity index is 1180. The summed E-state index contributed by atoms with van der Waals surface area (Å²) in [6.45, 7) is 0. The molecule has 1 heterocycles. The molecule has 1 fully saturated rings. The molecule has 31 heavy (non-hydrogen) atoms. The minimum Gasteiger partial charge on any atom is -0.393 e. The summed E-state index contributed by atoms with van der Waals surface area (Å²) < 4.78 is 43.8. The predicted octanol–water partition coefficient (Wildman–Crippen LogP) is 3.11. The molecule has 0 amide bonds.